The third-order valence-electron chi connectivity index (χ3n) is 4.35. The average Bonchev–Trinajstić information content (AvgIpc) is 3.02. The number of fused-ring (bicyclic) bond motifs is 1. The molecule has 144 valence electrons. The van der Waals surface area contributed by atoms with E-state index in [9.17, 15) is 14.7 Å². The predicted octanol–water partition coefficient (Wildman–Crippen LogP) is 0.904. The van der Waals surface area contributed by atoms with Crippen molar-refractivity contribution in [1.82, 2.24) is 18.7 Å². The number of aliphatic hydroxyl groups excluding tert-OH is 1. The van der Waals surface area contributed by atoms with Gasteiger partial charge in [-0.3, -0.25) is 13.9 Å². The largest absolute Gasteiger partial charge is 0.491 e. The van der Waals surface area contributed by atoms with Gasteiger partial charge < -0.3 is 14.4 Å². The number of hydrogen-bond donors (Lipinski definition) is 1. The van der Waals surface area contributed by atoms with Gasteiger partial charge in [0.1, 0.15) is 18.5 Å². The highest BCUT2D eigenvalue weighted by molar-refractivity contribution is 7.98. The minimum Gasteiger partial charge on any atom is -0.491 e. The average molecular weight is 390 g/mol. The van der Waals surface area contributed by atoms with Crippen LogP contribution < -0.4 is 16.0 Å². The Morgan fingerprint density at radius 3 is 2.48 bits per heavy atom. The van der Waals surface area contributed by atoms with Crippen LogP contribution in [0.3, 0.4) is 0 Å². The molecular formula is C18H22N4O4S. The second-order valence-electron chi connectivity index (χ2n) is 6.36. The van der Waals surface area contributed by atoms with E-state index in [4.69, 9.17) is 4.74 Å². The Bertz CT molecular complexity index is 1080. The van der Waals surface area contributed by atoms with E-state index in [0.717, 1.165) is 10.1 Å². The van der Waals surface area contributed by atoms with E-state index in [-0.39, 0.29) is 13.2 Å². The Balaban J connectivity index is 1.90. The zero-order valence-electron chi connectivity index (χ0n) is 15.7. The number of hydrogen-bond acceptors (Lipinski definition) is 6. The van der Waals surface area contributed by atoms with Gasteiger partial charge in [0, 0.05) is 14.1 Å². The first-order valence-corrected chi connectivity index (χ1v) is 9.63. The second-order valence-corrected chi connectivity index (χ2v) is 7.14. The smallest absolute Gasteiger partial charge is 0.332 e. The van der Waals surface area contributed by atoms with Gasteiger partial charge in [-0.1, -0.05) is 29.5 Å². The molecule has 3 rings (SSSR count). The minimum absolute atomic E-state index is 0.0721. The Morgan fingerprint density at radius 1 is 1.19 bits per heavy atom. The van der Waals surface area contributed by atoms with Crippen LogP contribution in [0.15, 0.2) is 39.0 Å². The van der Waals surface area contributed by atoms with E-state index in [0.29, 0.717) is 22.1 Å². The molecule has 0 fully saturated rings. The first-order chi connectivity index (χ1) is 12.8. The molecule has 0 radical (unpaired) electrons. The summed E-state index contributed by atoms with van der Waals surface area (Å²) in [6.07, 6.45) is 0.978. The van der Waals surface area contributed by atoms with Gasteiger partial charge >= 0.3 is 5.69 Å². The fourth-order valence-electron chi connectivity index (χ4n) is 2.84. The van der Waals surface area contributed by atoms with Crippen molar-refractivity contribution < 1.29 is 9.84 Å². The summed E-state index contributed by atoms with van der Waals surface area (Å²) in [4.78, 5) is 29.1. The standard InChI is InChI=1S/C18H22N4O4S/c1-11-5-7-13(8-6-11)26-10-12(23)9-22-14-15(19-17(22)27-4)20(2)18(25)21(3)16(14)24/h5-8,12,23H,9-10H2,1-4H3. The molecule has 0 aliphatic heterocycles. The van der Waals surface area contributed by atoms with Crippen LogP contribution in [0.1, 0.15) is 5.56 Å². The molecule has 0 spiro atoms. The summed E-state index contributed by atoms with van der Waals surface area (Å²) in [5, 5.41) is 11.0. The topological polar surface area (TPSA) is 91.3 Å². The Kier molecular flexibility index (Phi) is 5.43. The summed E-state index contributed by atoms with van der Waals surface area (Å²) < 4.78 is 9.65. The first-order valence-electron chi connectivity index (χ1n) is 8.41. The quantitative estimate of drug-likeness (QED) is 0.629. The molecule has 27 heavy (non-hydrogen) atoms. The Hall–Kier alpha value is -2.52. The molecule has 0 amide bonds. The fraction of sp³-hybridized carbons (Fsp3) is 0.389. The van der Waals surface area contributed by atoms with Crippen LogP contribution in [0, 0.1) is 6.92 Å². The molecule has 1 N–H and O–H groups in total. The van der Waals surface area contributed by atoms with Crippen molar-refractivity contribution >= 4 is 22.9 Å². The molecule has 0 aliphatic rings. The second kappa shape index (κ2) is 7.61. The van der Waals surface area contributed by atoms with Gasteiger partial charge in [0.15, 0.2) is 16.3 Å². The number of ether oxygens (including phenoxy) is 1. The molecule has 1 aromatic carbocycles. The third-order valence-corrected chi connectivity index (χ3v) is 5.03. The molecule has 0 saturated heterocycles. The van der Waals surface area contributed by atoms with Gasteiger partial charge in [0.05, 0.1) is 6.54 Å². The summed E-state index contributed by atoms with van der Waals surface area (Å²) in [5.41, 5.74) is 0.844. The molecule has 2 aromatic heterocycles. The van der Waals surface area contributed by atoms with Gasteiger partial charge in [-0.05, 0) is 25.3 Å². The zero-order valence-corrected chi connectivity index (χ0v) is 16.5. The highest BCUT2D eigenvalue weighted by atomic mass is 32.2. The zero-order chi connectivity index (χ0) is 19.7. The van der Waals surface area contributed by atoms with E-state index >= 15 is 0 Å². The number of rotatable bonds is 6. The van der Waals surface area contributed by atoms with Crippen molar-refractivity contribution in [2.24, 2.45) is 14.1 Å². The van der Waals surface area contributed by atoms with Crippen molar-refractivity contribution in [3.63, 3.8) is 0 Å². The summed E-state index contributed by atoms with van der Waals surface area (Å²) in [5.74, 6) is 0.665. The van der Waals surface area contributed by atoms with E-state index in [2.05, 4.69) is 4.98 Å². The number of benzene rings is 1. The van der Waals surface area contributed by atoms with Gasteiger partial charge in [0.25, 0.3) is 5.56 Å². The molecule has 1 unspecified atom stereocenters. The van der Waals surface area contributed by atoms with Crippen LogP contribution in [0.5, 0.6) is 5.75 Å². The van der Waals surface area contributed by atoms with Gasteiger partial charge in [0.2, 0.25) is 0 Å². The molecular weight excluding hydrogens is 368 g/mol. The summed E-state index contributed by atoms with van der Waals surface area (Å²) in [6, 6.07) is 7.54. The van der Waals surface area contributed by atoms with E-state index < -0.39 is 17.4 Å². The number of imidazole rings is 1. The fourth-order valence-corrected chi connectivity index (χ4v) is 3.41. The van der Waals surface area contributed by atoms with Crippen LogP contribution in [-0.4, -0.2) is 42.8 Å². The van der Waals surface area contributed by atoms with Gasteiger partial charge in [-0.2, -0.15) is 0 Å². The molecule has 8 nitrogen and oxygen atoms in total. The van der Waals surface area contributed by atoms with Crippen molar-refractivity contribution in [3.8, 4) is 5.75 Å². The summed E-state index contributed by atoms with van der Waals surface area (Å²) >= 11 is 1.34. The van der Waals surface area contributed by atoms with Crippen LogP contribution in [0.2, 0.25) is 0 Å². The molecule has 0 bridgehead atoms. The van der Waals surface area contributed by atoms with Crippen molar-refractivity contribution in [2.75, 3.05) is 12.9 Å². The van der Waals surface area contributed by atoms with Crippen LogP contribution in [-0.2, 0) is 20.6 Å². The lowest BCUT2D eigenvalue weighted by molar-refractivity contribution is 0.0913. The van der Waals surface area contributed by atoms with Crippen LogP contribution in [0.25, 0.3) is 11.2 Å². The SMILES string of the molecule is CSc1nc2c(c(=O)n(C)c(=O)n2C)n1CC(O)COc1ccc(C)cc1. The molecule has 0 aliphatic carbocycles. The Morgan fingerprint density at radius 2 is 1.85 bits per heavy atom. The van der Waals surface area contributed by atoms with Crippen LogP contribution >= 0.6 is 11.8 Å². The maximum atomic E-state index is 12.6. The molecule has 9 heteroatoms. The lowest BCUT2D eigenvalue weighted by Gasteiger charge is -2.15. The van der Waals surface area contributed by atoms with E-state index in [1.54, 1.807) is 11.6 Å². The van der Waals surface area contributed by atoms with E-state index in [1.807, 2.05) is 37.4 Å². The first kappa shape index (κ1) is 19.2. The highest BCUT2D eigenvalue weighted by Gasteiger charge is 2.20. The van der Waals surface area contributed by atoms with Gasteiger partial charge in [-0.25, -0.2) is 9.78 Å². The molecule has 1 atom stereocenters. The molecule has 2 heterocycles. The normalized spacial score (nSPS) is 12.5. The van der Waals surface area contributed by atoms with Gasteiger partial charge in [-0.15, -0.1) is 0 Å². The highest BCUT2D eigenvalue weighted by Crippen LogP contribution is 2.20. The lowest BCUT2D eigenvalue weighted by atomic mass is 10.2. The maximum Gasteiger partial charge on any atom is 0.332 e. The van der Waals surface area contributed by atoms with E-state index in [1.165, 1.54) is 23.4 Å². The maximum absolute atomic E-state index is 12.6. The van der Waals surface area contributed by atoms with Crippen LogP contribution in [0.4, 0.5) is 0 Å². The molecule has 0 saturated carbocycles. The number of aromatic nitrogens is 4. The molecule has 3 aromatic rings. The number of aliphatic hydroxyl groups is 1. The summed E-state index contributed by atoms with van der Waals surface area (Å²) in [7, 11) is 3.00. The summed E-state index contributed by atoms with van der Waals surface area (Å²) in [6.45, 7) is 2.19. The lowest BCUT2D eigenvalue weighted by Crippen LogP contribution is -2.38. The monoisotopic (exact) mass is 390 g/mol. The number of nitrogens with zero attached hydrogens (tertiary/aromatic N) is 4. The minimum atomic E-state index is -0.850. The van der Waals surface area contributed by atoms with Crippen molar-refractivity contribution in [1.29, 1.82) is 0 Å². The predicted molar refractivity (Wildman–Crippen MR) is 105 cm³/mol. The third kappa shape index (κ3) is 3.65. The number of aryl methyl sites for hydroxylation is 2. The van der Waals surface area contributed by atoms with Crippen molar-refractivity contribution in [2.45, 2.75) is 24.7 Å². The van der Waals surface area contributed by atoms with Crippen molar-refractivity contribution in [3.05, 3.63) is 50.7 Å². The number of thioether (sulfide) groups is 1. The Labute approximate surface area is 160 Å².